The first-order chi connectivity index (χ1) is 13.0. The van der Waals surface area contributed by atoms with Crippen molar-refractivity contribution < 1.29 is 9.59 Å². The number of rotatable bonds is 4. The third-order valence-electron chi connectivity index (χ3n) is 4.76. The van der Waals surface area contributed by atoms with E-state index in [4.69, 9.17) is 0 Å². The fraction of sp³-hybridized carbons (Fsp3) is 0.474. The first-order valence-electron chi connectivity index (χ1n) is 9.12. The van der Waals surface area contributed by atoms with Crippen molar-refractivity contribution in [3.63, 3.8) is 0 Å². The Morgan fingerprint density at radius 1 is 1.11 bits per heavy atom. The maximum absolute atomic E-state index is 12.6. The second-order valence-electron chi connectivity index (χ2n) is 6.98. The van der Waals surface area contributed by atoms with Crippen LogP contribution in [-0.4, -0.2) is 68.7 Å². The fourth-order valence-corrected chi connectivity index (χ4v) is 3.30. The zero-order valence-electron chi connectivity index (χ0n) is 15.7. The lowest BCUT2D eigenvalue weighted by Gasteiger charge is -2.20. The highest BCUT2D eigenvalue weighted by Gasteiger charge is 2.23. The van der Waals surface area contributed by atoms with Gasteiger partial charge in [0.05, 0.1) is 6.20 Å². The Balaban J connectivity index is 1.61. The second-order valence-corrected chi connectivity index (χ2v) is 6.98. The van der Waals surface area contributed by atoms with Crippen molar-refractivity contribution >= 4 is 11.8 Å². The van der Waals surface area contributed by atoms with Crippen molar-refractivity contribution in [2.75, 3.05) is 27.2 Å². The van der Waals surface area contributed by atoms with Gasteiger partial charge < -0.3 is 9.80 Å². The second kappa shape index (κ2) is 8.66. The van der Waals surface area contributed by atoms with E-state index in [1.54, 1.807) is 26.4 Å². The van der Waals surface area contributed by atoms with E-state index in [0.717, 1.165) is 37.9 Å². The van der Waals surface area contributed by atoms with Gasteiger partial charge in [0, 0.05) is 45.3 Å². The zero-order valence-corrected chi connectivity index (χ0v) is 15.7. The van der Waals surface area contributed by atoms with Gasteiger partial charge in [-0.05, 0) is 37.7 Å². The molecule has 0 aliphatic carbocycles. The van der Waals surface area contributed by atoms with Gasteiger partial charge in [0.25, 0.3) is 11.8 Å². The molecule has 2 aromatic rings. The molecule has 2 amide bonds. The lowest BCUT2D eigenvalue weighted by atomic mass is 9.95. The first kappa shape index (κ1) is 18.9. The van der Waals surface area contributed by atoms with Gasteiger partial charge in [-0.25, -0.2) is 15.0 Å². The summed E-state index contributed by atoms with van der Waals surface area (Å²) in [5.74, 6) is 0.228. The first-order valence-corrected chi connectivity index (χ1v) is 9.12. The number of amides is 2. The van der Waals surface area contributed by atoms with Gasteiger partial charge in [-0.2, -0.15) is 0 Å². The standard InChI is InChI=1S/C19H24N6O2/c1-24(2)18(26)16-11-15(22-13-23-16)10-14-4-3-8-25(9-5-14)19(27)17-12-20-6-7-21-17/h6-7,11-14H,3-5,8-10H2,1-2H3/t14-/m1/s1. The van der Waals surface area contributed by atoms with E-state index in [9.17, 15) is 9.59 Å². The molecule has 1 fully saturated rings. The third kappa shape index (κ3) is 4.84. The van der Waals surface area contributed by atoms with Crippen LogP contribution in [0, 0.1) is 5.92 Å². The van der Waals surface area contributed by atoms with Crippen molar-refractivity contribution in [2.45, 2.75) is 25.7 Å². The van der Waals surface area contributed by atoms with Crippen LogP contribution >= 0.6 is 0 Å². The minimum absolute atomic E-state index is 0.0651. The molecular weight excluding hydrogens is 344 g/mol. The molecule has 1 saturated heterocycles. The molecule has 8 heteroatoms. The van der Waals surface area contributed by atoms with Crippen LogP contribution in [0.5, 0.6) is 0 Å². The van der Waals surface area contributed by atoms with Crippen molar-refractivity contribution in [3.05, 3.63) is 48.1 Å². The predicted octanol–water partition coefficient (Wildman–Crippen LogP) is 1.45. The van der Waals surface area contributed by atoms with Crippen molar-refractivity contribution in [3.8, 4) is 0 Å². The van der Waals surface area contributed by atoms with Gasteiger partial charge in [0.2, 0.25) is 0 Å². The lowest BCUT2D eigenvalue weighted by molar-refractivity contribution is 0.0752. The fourth-order valence-electron chi connectivity index (χ4n) is 3.30. The quantitative estimate of drug-likeness (QED) is 0.811. The largest absolute Gasteiger partial charge is 0.343 e. The Hall–Kier alpha value is -2.90. The van der Waals surface area contributed by atoms with E-state index in [1.807, 2.05) is 4.90 Å². The van der Waals surface area contributed by atoms with Crippen LogP contribution in [0.15, 0.2) is 31.0 Å². The summed E-state index contributed by atoms with van der Waals surface area (Å²) in [4.78, 5) is 44.5. The van der Waals surface area contributed by atoms with Crippen LogP contribution in [0.3, 0.4) is 0 Å². The number of hydrogen-bond acceptors (Lipinski definition) is 6. The average molecular weight is 368 g/mol. The molecule has 0 saturated carbocycles. The number of nitrogens with zero attached hydrogens (tertiary/aromatic N) is 6. The van der Waals surface area contributed by atoms with Crippen LogP contribution in [0.25, 0.3) is 0 Å². The van der Waals surface area contributed by atoms with Gasteiger partial charge in [0.15, 0.2) is 0 Å². The van der Waals surface area contributed by atoms with E-state index in [-0.39, 0.29) is 11.8 Å². The van der Waals surface area contributed by atoms with Gasteiger partial charge >= 0.3 is 0 Å². The summed E-state index contributed by atoms with van der Waals surface area (Å²) in [6.45, 7) is 1.41. The number of carbonyl (C=O) groups excluding carboxylic acids is 2. The summed E-state index contributed by atoms with van der Waals surface area (Å²) in [7, 11) is 3.41. The topological polar surface area (TPSA) is 92.2 Å². The molecule has 0 unspecified atom stereocenters. The molecule has 27 heavy (non-hydrogen) atoms. The molecule has 0 radical (unpaired) electrons. The summed E-state index contributed by atoms with van der Waals surface area (Å²) in [6.07, 6.45) is 9.69. The highest BCUT2D eigenvalue weighted by Crippen LogP contribution is 2.22. The monoisotopic (exact) mass is 368 g/mol. The Labute approximate surface area is 158 Å². The van der Waals surface area contributed by atoms with Crippen LogP contribution in [0.4, 0.5) is 0 Å². The average Bonchev–Trinajstić information content (AvgIpc) is 2.93. The predicted molar refractivity (Wildman–Crippen MR) is 99.0 cm³/mol. The maximum Gasteiger partial charge on any atom is 0.274 e. The molecule has 0 bridgehead atoms. The van der Waals surface area contributed by atoms with Crippen LogP contribution in [-0.2, 0) is 6.42 Å². The van der Waals surface area contributed by atoms with Gasteiger partial charge in [-0.15, -0.1) is 0 Å². The van der Waals surface area contributed by atoms with E-state index in [2.05, 4.69) is 19.9 Å². The highest BCUT2D eigenvalue weighted by molar-refractivity contribution is 5.92. The SMILES string of the molecule is CN(C)C(=O)c1cc(C[C@@H]2CCCN(C(=O)c3cnccn3)CC2)ncn1. The molecular formula is C19H24N6O2. The lowest BCUT2D eigenvalue weighted by Crippen LogP contribution is -2.32. The Morgan fingerprint density at radius 2 is 1.96 bits per heavy atom. The minimum atomic E-state index is -0.125. The molecule has 3 rings (SSSR count). The van der Waals surface area contributed by atoms with E-state index >= 15 is 0 Å². The Bertz CT molecular complexity index is 796. The number of likely N-dealkylation sites (tertiary alicyclic amines) is 1. The van der Waals surface area contributed by atoms with E-state index in [1.165, 1.54) is 23.6 Å². The Morgan fingerprint density at radius 3 is 2.70 bits per heavy atom. The van der Waals surface area contributed by atoms with Crippen LogP contribution in [0.2, 0.25) is 0 Å². The molecule has 0 N–H and O–H groups in total. The van der Waals surface area contributed by atoms with Crippen molar-refractivity contribution in [2.24, 2.45) is 5.92 Å². The molecule has 8 nitrogen and oxygen atoms in total. The number of carbonyl (C=O) groups is 2. The third-order valence-corrected chi connectivity index (χ3v) is 4.76. The molecule has 1 atom stereocenters. The van der Waals surface area contributed by atoms with Crippen molar-refractivity contribution in [1.82, 2.24) is 29.7 Å². The number of hydrogen-bond donors (Lipinski definition) is 0. The summed E-state index contributed by atoms with van der Waals surface area (Å²) in [6, 6.07) is 1.77. The van der Waals surface area contributed by atoms with Crippen molar-refractivity contribution in [1.29, 1.82) is 0 Å². The van der Waals surface area contributed by atoms with Crippen LogP contribution < -0.4 is 0 Å². The molecule has 3 heterocycles. The molecule has 0 aromatic carbocycles. The van der Waals surface area contributed by atoms with Gasteiger partial charge in [-0.1, -0.05) is 0 Å². The Kier molecular flexibility index (Phi) is 6.05. The number of aromatic nitrogens is 4. The smallest absolute Gasteiger partial charge is 0.274 e. The summed E-state index contributed by atoms with van der Waals surface area (Å²) in [5, 5.41) is 0. The molecule has 1 aliphatic heterocycles. The van der Waals surface area contributed by atoms with E-state index < -0.39 is 0 Å². The normalized spacial score (nSPS) is 17.3. The zero-order chi connectivity index (χ0) is 19.2. The summed E-state index contributed by atoms with van der Waals surface area (Å²) >= 11 is 0. The molecule has 2 aromatic heterocycles. The molecule has 1 aliphatic rings. The van der Waals surface area contributed by atoms with Gasteiger partial charge in [-0.3, -0.25) is 14.6 Å². The molecule has 0 spiro atoms. The van der Waals surface area contributed by atoms with Crippen LogP contribution in [0.1, 0.15) is 45.9 Å². The summed E-state index contributed by atoms with van der Waals surface area (Å²) < 4.78 is 0. The van der Waals surface area contributed by atoms with Gasteiger partial charge in [0.1, 0.15) is 17.7 Å². The van der Waals surface area contributed by atoms with E-state index in [0.29, 0.717) is 23.9 Å². The minimum Gasteiger partial charge on any atom is -0.343 e. The summed E-state index contributed by atoms with van der Waals surface area (Å²) in [5.41, 5.74) is 1.67. The maximum atomic E-state index is 12.6. The molecule has 142 valence electrons. The highest BCUT2D eigenvalue weighted by atomic mass is 16.2.